The number of allylic oxidation sites excluding steroid dienone is 4. The van der Waals surface area contributed by atoms with E-state index in [0.29, 0.717) is 0 Å². The third kappa shape index (κ3) is 5.46. The summed E-state index contributed by atoms with van der Waals surface area (Å²) < 4.78 is 0. The average Bonchev–Trinajstić information content (AvgIpc) is 3.59. The molecule has 2 atom stereocenters. The van der Waals surface area contributed by atoms with Crippen LogP contribution >= 0.6 is 0 Å². The molecule has 0 spiro atoms. The highest BCUT2D eigenvalue weighted by atomic mass is 15.0. The van der Waals surface area contributed by atoms with Crippen molar-refractivity contribution in [1.82, 2.24) is 5.32 Å². The lowest BCUT2D eigenvalue weighted by Crippen LogP contribution is -2.25. The Kier molecular flexibility index (Phi) is 7.50. The van der Waals surface area contributed by atoms with Gasteiger partial charge in [-0.15, -0.1) is 0 Å². The van der Waals surface area contributed by atoms with Gasteiger partial charge in [0.15, 0.2) is 0 Å². The molecule has 3 aromatic carbocycles. The first kappa shape index (κ1) is 25.5. The fourth-order valence-corrected chi connectivity index (χ4v) is 5.30. The van der Waals surface area contributed by atoms with Crippen LogP contribution in [-0.4, -0.2) is 0 Å². The van der Waals surface area contributed by atoms with Crippen molar-refractivity contribution in [1.29, 1.82) is 0 Å². The van der Waals surface area contributed by atoms with Gasteiger partial charge in [0.05, 0.1) is 11.5 Å². The molecule has 184 valence electrons. The van der Waals surface area contributed by atoms with Crippen molar-refractivity contribution in [3.05, 3.63) is 144 Å². The fraction of sp³-hybridized carbons (Fsp3) is 0.257. The molecule has 3 aromatic rings. The molecule has 0 aliphatic heterocycles. The highest BCUT2D eigenvalue weighted by Crippen LogP contribution is 2.58. The summed E-state index contributed by atoms with van der Waals surface area (Å²) in [7, 11) is 0. The summed E-state index contributed by atoms with van der Waals surface area (Å²) in [5.74, 6) is 0. The lowest BCUT2D eigenvalue weighted by molar-refractivity contribution is 0.394. The summed E-state index contributed by atoms with van der Waals surface area (Å²) in [6.45, 7) is 17.9. The van der Waals surface area contributed by atoms with E-state index in [2.05, 4.69) is 143 Å². The number of nitrogens with one attached hydrogen (secondary N) is 1. The van der Waals surface area contributed by atoms with Crippen molar-refractivity contribution in [3.8, 4) is 0 Å². The summed E-state index contributed by atoms with van der Waals surface area (Å²) in [5.41, 5.74) is 8.64. The van der Waals surface area contributed by atoms with Gasteiger partial charge in [-0.2, -0.15) is 0 Å². The van der Waals surface area contributed by atoms with Gasteiger partial charge in [0.25, 0.3) is 0 Å². The van der Waals surface area contributed by atoms with E-state index in [1.807, 2.05) is 6.08 Å². The first-order chi connectivity index (χ1) is 17.3. The molecule has 0 heterocycles. The van der Waals surface area contributed by atoms with Gasteiger partial charge in [-0.1, -0.05) is 143 Å². The van der Waals surface area contributed by atoms with Gasteiger partial charge in [-0.05, 0) is 52.2 Å². The molecular weight excluding hydrogens is 434 g/mol. The molecule has 36 heavy (non-hydrogen) atoms. The Labute approximate surface area is 218 Å². The van der Waals surface area contributed by atoms with Crippen LogP contribution in [-0.2, 0) is 0 Å². The van der Waals surface area contributed by atoms with E-state index in [4.69, 9.17) is 0 Å². The number of rotatable bonds is 10. The SMILES string of the molecule is C=C/C(=C(/c1ccccc1)C1(CC)C=C1NC(C(=C)CC(C)(C)C)c1ccccc1)c1ccccc1. The molecule has 0 saturated heterocycles. The summed E-state index contributed by atoms with van der Waals surface area (Å²) in [6, 6.07) is 32.2. The summed E-state index contributed by atoms with van der Waals surface area (Å²) in [4.78, 5) is 0. The topological polar surface area (TPSA) is 12.0 Å². The zero-order valence-electron chi connectivity index (χ0n) is 22.2. The Bertz CT molecular complexity index is 1260. The Morgan fingerprint density at radius 3 is 1.89 bits per heavy atom. The highest BCUT2D eigenvalue weighted by Gasteiger charge is 2.48. The number of hydrogen-bond acceptors (Lipinski definition) is 1. The van der Waals surface area contributed by atoms with Crippen LogP contribution in [0.3, 0.4) is 0 Å². The van der Waals surface area contributed by atoms with Crippen LogP contribution in [0.4, 0.5) is 0 Å². The average molecular weight is 474 g/mol. The third-order valence-electron chi connectivity index (χ3n) is 7.01. The molecule has 0 radical (unpaired) electrons. The minimum Gasteiger partial charge on any atom is -0.377 e. The maximum atomic E-state index is 4.56. The Morgan fingerprint density at radius 1 is 0.861 bits per heavy atom. The van der Waals surface area contributed by atoms with Crippen LogP contribution in [0.25, 0.3) is 11.1 Å². The van der Waals surface area contributed by atoms with Crippen LogP contribution in [0.1, 0.15) is 63.3 Å². The van der Waals surface area contributed by atoms with Gasteiger partial charge >= 0.3 is 0 Å². The van der Waals surface area contributed by atoms with E-state index in [1.165, 1.54) is 39.1 Å². The van der Waals surface area contributed by atoms with Crippen LogP contribution in [0.2, 0.25) is 0 Å². The molecule has 1 heteroatoms. The molecule has 0 amide bonds. The van der Waals surface area contributed by atoms with Crippen molar-refractivity contribution in [2.45, 2.75) is 46.6 Å². The molecule has 1 aliphatic carbocycles. The fourth-order valence-electron chi connectivity index (χ4n) is 5.30. The monoisotopic (exact) mass is 473 g/mol. The van der Waals surface area contributed by atoms with E-state index < -0.39 is 0 Å². The van der Waals surface area contributed by atoms with Gasteiger partial charge in [-0.25, -0.2) is 0 Å². The normalized spacial score (nSPS) is 18.5. The predicted octanol–water partition coefficient (Wildman–Crippen LogP) is 9.40. The minimum absolute atomic E-state index is 0.0611. The van der Waals surface area contributed by atoms with E-state index >= 15 is 0 Å². The smallest absolute Gasteiger partial charge is 0.0722 e. The minimum atomic E-state index is -0.171. The third-order valence-corrected chi connectivity index (χ3v) is 7.01. The lowest BCUT2D eigenvalue weighted by Gasteiger charge is -2.30. The molecule has 1 N–H and O–H groups in total. The van der Waals surface area contributed by atoms with Gasteiger partial charge < -0.3 is 5.32 Å². The highest BCUT2D eigenvalue weighted by molar-refractivity contribution is 6.01. The molecule has 1 aliphatic rings. The molecule has 1 nitrogen and oxygen atoms in total. The van der Waals surface area contributed by atoms with Crippen LogP contribution in [0.15, 0.2) is 128 Å². The van der Waals surface area contributed by atoms with Crippen LogP contribution in [0, 0.1) is 10.8 Å². The number of benzene rings is 3. The number of hydrogen-bond donors (Lipinski definition) is 1. The Morgan fingerprint density at radius 2 is 1.39 bits per heavy atom. The summed E-state index contributed by atoms with van der Waals surface area (Å²) >= 11 is 0. The first-order valence-corrected chi connectivity index (χ1v) is 13.0. The van der Waals surface area contributed by atoms with Crippen molar-refractivity contribution < 1.29 is 0 Å². The second kappa shape index (κ2) is 10.6. The van der Waals surface area contributed by atoms with Crippen LogP contribution in [0.5, 0.6) is 0 Å². The molecular formula is C35H39N. The summed E-state index contributed by atoms with van der Waals surface area (Å²) in [5, 5.41) is 3.95. The molecule has 0 fully saturated rings. The second-order valence-corrected chi connectivity index (χ2v) is 11.0. The largest absolute Gasteiger partial charge is 0.377 e. The zero-order valence-corrected chi connectivity index (χ0v) is 22.2. The van der Waals surface area contributed by atoms with Gasteiger partial charge in [-0.3, -0.25) is 0 Å². The van der Waals surface area contributed by atoms with Gasteiger partial charge in [0.2, 0.25) is 0 Å². The van der Waals surface area contributed by atoms with E-state index in [0.717, 1.165) is 12.8 Å². The first-order valence-electron chi connectivity index (χ1n) is 13.0. The predicted molar refractivity (Wildman–Crippen MR) is 156 cm³/mol. The molecule has 0 bridgehead atoms. The zero-order chi connectivity index (χ0) is 25.8. The maximum Gasteiger partial charge on any atom is 0.0722 e. The van der Waals surface area contributed by atoms with Gasteiger partial charge in [0, 0.05) is 5.70 Å². The van der Waals surface area contributed by atoms with E-state index in [-0.39, 0.29) is 16.9 Å². The Hall–Kier alpha value is -3.58. The van der Waals surface area contributed by atoms with Crippen molar-refractivity contribution >= 4 is 11.1 Å². The summed E-state index contributed by atoms with van der Waals surface area (Å²) in [6.07, 6.45) is 6.35. The Balaban J connectivity index is 1.77. The maximum absolute atomic E-state index is 4.56. The molecule has 0 saturated carbocycles. The molecule has 2 unspecified atom stereocenters. The van der Waals surface area contributed by atoms with Crippen molar-refractivity contribution in [3.63, 3.8) is 0 Å². The quantitative estimate of drug-likeness (QED) is 0.176. The van der Waals surface area contributed by atoms with Crippen molar-refractivity contribution in [2.24, 2.45) is 10.8 Å². The van der Waals surface area contributed by atoms with Crippen LogP contribution < -0.4 is 5.32 Å². The van der Waals surface area contributed by atoms with E-state index in [1.54, 1.807) is 0 Å². The van der Waals surface area contributed by atoms with Crippen molar-refractivity contribution in [2.75, 3.05) is 0 Å². The van der Waals surface area contributed by atoms with E-state index in [9.17, 15) is 0 Å². The standard InChI is InChI=1S/C35H39N/c1-7-30(27-18-12-9-13-19-27)32(28-20-14-10-15-21-28)35(8-2)25-31(35)36-33(26(3)24-34(4,5)6)29-22-16-11-17-23-29/h7,9-23,25,33,36H,1,3,8,24H2,2,4-6H3/b32-30+. The lowest BCUT2D eigenvalue weighted by atomic mass is 9.79. The molecule has 4 rings (SSSR count). The van der Waals surface area contributed by atoms with Gasteiger partial charge in [0.1, 0.15) is 0 Å². The molecule has 0 aromatic heterocycles. The second-order valence-electron chi connectivity index (χ2n) is 11.0.